The van der Waals surface area contributed by atoms with Crippen molar-refractivity contribution in [3.8, 4) is 0 Å². The number of halogens is 2. The molecule has 3 rings (SSSR count). The van der Waals surface area contributed by atoms with Gasteiger partial charge in [-0.25, -0.2) is 8.42 Å². The van der Waals surface area contributed by atoms with Crippen LogP contribution in [0.2, 0.25) is 10.0 Å². The summed E-state index contributed by atoms with van der Waals surface area (Å²) in [7, 11) is -3.86. The Balaban J connectivity index is 2.03. The number of nitrogens with one attached hydrogen (secondary N) is 1. The van der Waals surface area contributed by atoms with Crippen LogP contribution in [-0.2, 0) is 26.2 Å². The lowest BCUT2D eigenvalue weighted by molar-refractivity contribution is -0.140. The molecule has 0 aliphatic heterocycles. The molecule has 0 aromatic heterocycles. The van der Waals surface area contributed by atoms with Gasteiger partial charge < -0.3 is 10.2 Å². The summed E-state index contributed by atoms with van der Waals surface area (Å²) in [6.07, 6.45) is 1.39. The van der Waals surface area contributed by atoms with Gasteiger partial charge in [0.2, 0.25) is 21.8 Å². The van der Waals surface area contributed by atoms with Gasteiger partial charge in [-0.1, -0.05) is 86.4 Å². The molecule has 0 saturated carbocycles. The van der Waals surface area contributed by atoms with E-state index < -0.39 is 28.5 Å². The fraction of sp³-hybridized carbons (Fsp3) is 0.357. The van der Waals surface area contributed by atoms with Crippen LogP contribution in [-0.4, -0.2) is 50.5 Å². The van der Waals surface area contributed by atoms with E-state index in [4.69, 9.17) is 23.2 Å². The third-order valence-corrected chi connectivity index (χ3v) is 7.85. The molecule has 0 heterocycles. The van der Waals surface area contributed by atoms with E-state index in [0.717, 1.165) is 15.9 Å². The number of sulfonamides is 1. The first-order valence-electron chi connectivity index (χ1n) is 12.4. The van der Waals surface area contributed by atoms with Gasteiger partial charge in [-0.05, 0) is 41.5 Å². The average Bonchev–Trinajstić information content (AvgIpc) is 2.86. The second kappa shape index (κ2) is 12.8. The first-order valence-corrected chi connectivity index (χ1v) is 15.0. The molecule has 38 heavy (non-hydrogen) atoms. The zero-order valence-corrected chi connectivity index (χ0v) is 24.3. The minimum Gasteiger partial charge on any atom is -0.354 e. The fourth-order valence-corrected chi connectivity index (χ4v) is 5.53. The van der Waals surface area contributed by atoms with Gasteiger partial charge in [0.15, 0.2) is 0 Å². The molecule has 1 N–H and O–H groups in total. The van der Waals surface area contributed by atoms with Crippen LogP contribution in [0.25, 0.3) is 10.8 Å². The molecule has 0 saturated heterocycles. The molecule has 0 radical (unpaired) electrons. The van der Waals surface area contributed by atoms with Crippen molar-refractivity contribution in [2.45, 2.75) is 39.8 Å². The van der Waals surface area contributed by atoms with Crippen molar-refractivity contribution in [3.05, 3.63) is 76.3 Å². The van der Waals surface area contributed by atoms with Crippen molar-refractivity contribution >= 4 is 61.5 Å². The molecular formula is C28H33Cl2N3O4S. The molecule has 0 aliphatic carbocycles. The van der Waals surface area contributed by atoms with Crippen molar-refractivity contribution in [3.63, 3.8) is 0 Å². The predicted molar refractivity (Wildman–Crippen MR) is 155 cm³/mol. The van der Waals surface area contributed by atoms with Crippen molar-refractivity contribution in [2.75, 3.05) is 23.7 Å². The Kier molecular flexibility index (Phi) is 10.0. The van der Waals surface area contributed by atoms with Gasteiger partial charge in [0.1, 0.15) is 12.6 Å². The van der Waals surface area contributed by atoms with Gasteiger partial charge in [0.25, 0.3) is 0 Å². The van der Waals surface area contributed by atoms with Gasteiger partial charge in [-0.3, -0.25) is 13.9 Å². The van der Waals surface area contributed by atoms with Gasteiger partial charge in [0, 0.05) is 28.5 Å². The maximum atomic E-state index is 13.9. The highest BCUT2D eigenvalue weighted by Crippen LogP contribution is 2.29. The maximum Gasteiger partial charge on any atom is 0.244 e. The van der Waals surface area contributed by atoms with E-state index in [9.17, 15) is 18.0 Å². The van der Waals surface area contributed by atoms with E-state index in [-0.39, 0.29) is 18.4 Å². The number of rotatable bonds is 11. The standard InChI is InChI=1S/C28H33Cl2N3O4S/c1-5-25(28(35)31-16-19(2)3)32(17-21-13-14-22(29)15-24(21)30)27(34)18-33(38(4,36)37)26-12-8-10-20-9-6-7-11-23(20)26/h6-15,19,25H,5,16-18H2,1-4H3,(H,31,35). The number of hydrogen-bond acceptors (Lipinski definition) is 4. The fourth-order valence-electron chi connectivity index (χ4n) is 4.20. The summed E-state index contributed by atoms with van der Waals surface area (Å²) >= 11 is 12.5. The topological polar surface area (TPSA) is 86.8 Å². The summed E-state index contributed by atoms with van der Waals surface area (Å²) < 4.78 is 27.0. The minimum absolute atomic E-state index is 0.00950. The molecule has 0 spiro atoms. The molecule has 3 aromatic rings. The van der Waals surface area contributed by atoms with Crippen molar-refractivity contribution in [1.29, 1.82) is 0 Å². The second-order valence-electron chi connectivity index (χ2n) is 9.59. The second-order valence-corrected chi connectivity index (χ2v) is 12.3. The van der Waals surface area contributed by atoms with Crippen LogP contribution >= 0.6 is 23.2 Å². The van der Waals surface area contributed by atoms with Crippen LogP contribution in [0.4, 0.5) is 5.69 Å². The number of amides is 2. The summed E-state index contributed by atoms with van der Waals surface area (Å²) in [4.78, 5) is 28.5. The lowest BCUT2D eigenvalue weighted by Crippen LogP contribution is -2.52. The molecule has 2 amide bonds. The Morgan fingerprint density at radius 1 is 1.00 bits per heavy atom. The quantitative estimate of drug-likeness (QED) is 0.326. The Morgan fingerprint density at radius 3 is 2.32 bits per heavy atom. The summed E-state index contributed by atoms with van der Waals surface area (Å²) in [5, 5.41) is 5.23. The molecular weight excluding hydrogens is 545 g/mol. The number of anilines is 1. The zero-order chi connectivity index (χ0) is 28.0. The van der Waals surface area contributed by atoms with Crippen molar-refractivity contribution < 1.29 is 18.0 Å². The number of carbonyl (C=O) groups excluding carboxylic acids is 2. The van der Waals surface area contributed by atoms with E-state index in [0.29, 0.717) is 39.6 Å². The average molecular weight is 579 g/mol. The monoisotopic (exact) mass is 577 g/mol. The lowest BCUT2D eigenvalue weighted by atomic mass is 10.1. The summed E-state index contributed by atoms with van der Waals surface area (Å²) in [6, 6.07) is 16.8. The molecule has 204 valence electrons. The zero-order valence-electron chi connectivity index (χ0n) is 21.9. The van der Waals surface area contributed by atoms with Crippen molar-refractivity contribution in [1.82, 2.24) is 10.2 Å². The first kappa shape index (κ1) is 29.7. The molecule has 7 nitrogen and oxygen atoms in total. The van der Waals surface area contributed by atoms with E-state index in [1.165, 1.54) is 4.90 Å². The largest absolute Gasteiger partial charge is 0.354 e. The van der Waals surface area contributed by atoms with Crippen LogP contribution in [0, 0.1) is 5.92 Å². The SMILES string of the molecule is CCC(C(=O)NCC(C)C)N(Cc1ccc(Cl)cc1Cl)C(=O)CN(c1cccc2ccccc12)S(C)(=O)=O. The Hall–Kier alpha value is -2.81. The summed E-state index contributed by atoms with van der Waals surface area (Å²) in [5.74, 6) is -0.616. The first-order chi connectivity index (χ1) is 17.9. The van der Waals surface area contributed by atoms with Gasteiger partial charge in [-0.15, -0.1) is 0 Å². The van der Waals surface area contributed by atoms with Crippen LogP contribution in [0.3, 0.4) is 0 Å². The number of hydrogen-bond donors (Lipinski definition) is 1. The smallest absolute Gasteiger partial charge is 0.244 e. The molecule has 0 bridgehead atoms. The Morgan fingerprint density at radius 2 is 1.68 bits per heavy atom. The van der Waals surface area contributed by atoms with Gasteiger partial charge in [-0.2, -0.15) is 0 Å². The molecule has 0 fully saturated rings. The number of nitrogens with zero attached hydrogens (tertiary/aromatic N) is 2. The molecule has 10 heteroatoms. The summed E-state index contributed by atoms with van der Waals surface area (Å²) in [6.45, 7) is 5.74. The van der Waals surface area contributed by atoms with Crippen LogP contribution in [0.1, 0.15) is 32.8 Å². The van der Waals surface area contributed by atoms with E-state index in [1.54, 1.807) is 30.3 Å². The third-order valence-electron chi connectivity index (χ3n) is 6.14. The lowest BCUT2D eigenvalue weighted by Gasteiger charge is -2.33. The van der Waals surface area contributed by atoms with Crippen molar-refractivity contribution in [2.24, 2.45) is 5.92 Å². The van der Waals surface area contributed by atoms with E-state index in [2.05, 4.69) is 5.32 Å². The Bertz CT molecular complexity index is 1410. The maximum absolute atomic E-state index is 13.9. The molecule has 3 aromatic carbocycles. The van der Waals surface area contributed by atoms with E-state index >= 15 is 0 Å². The van der Waals surface area contributed by atoms with Crippen LogP contribution in [0.5, 0.6) is 0 Å². The predicted octanol–water partition coefficient (Wildman–Crippen LogP) is 5.49. The Labute approximate surface area is 234 Å². The van der Waals surface area contributed by atoms with Crippen LogP contribution < -0.4 is 9.62 Å². The van der Waals surface area contributed by atoms with E-state index in [1.807, 2.05) is 51.1 Å². The van der Waals surface area contributed by atoms with Crippen LogP contribution in [0.15, 0.2) is 60.7 Å². The number of carbonyl (C=O) groups is 2. The molecule has 1 atom stereocenters. The third kappa shape index (κ3) is 7.40. The van der Waals surface area contributed by atoms with Gasteiger partial charge in [0.05, 0.1) is 11.9 Å². The highest BCUT2D eigenvalue weighted by Gasteiger charge is 2.32. The number of benzene rings is 3. The molecule has 1 unspecified atom stereocenters. The normalized spacial score (nSPS) is 12.4. The summed E-state index contributed by atoms with van der Waals surface area (Å²) in [5.41, 5.74) is 0.983. The molecule has 0 aliphatic rings. The highest BCUT2D eigenvalue weighted by molar-refractivity contribution is 7.92. The highest BCUT2D eigenvalue weighted by atomic mass is 35.5. The minimum atomic E-state index is -3.86. The number of fused-ring (bicyclic) bond motifs is 1. The van der Waals surface area contributed by atoms with Gasteiger partial charge >= 0.3 is 0 Å².